The minimum absolute atomic E-state index is 0.00801. The second-order valence-corrected chi connectivity index (χ2v) is 6.76. The predicted octanol–water partition coefficient (Wildman–Crippen LogP) is 2.30. The summed E-state index contributed by atoms with van der Waals surface area (Å²) < 4.78 is 0. The van der Waals surface area contributed by atoms with Crippen molar-refractivity contribution in [2.24, 2.45) is 23.0 Å². The van der Waals surface area contributed by atoms with Gasteiger partial charge in [0.05, 0.1) is 0 Å². The van der Waals surface area contributed by atoms with Crippen molar-refractivity contribution in [3.8, 4) is 0 Å². The summed E-state index contributed by atoms with van der Waals surface area (Å²) in [4.78, 5) is 11.9. The van der Waals surface area contributed by atoms with E-state index in [0.717, 1.165) is 12.3 Å². The van der Waals surface area contributed by atoms with E-state index in [1.807, 2.05) is 0 Å². The Bertz CT molecular complexity index is 270. The Balaban J connectivity index is 2.40. The van der Waals surface area contributed by atoms with Gasteiger partial charge in [-0.2, -0.15) is 0 Å². The first-order valence-electron chi connectivity index (χ1n) is 6.76. The monoisotopic (exact) mass is 240 g/mol. The van der Waals surface area contributed by atoms with Crippen molar-refractivity contribution in [1.82, 2.24) is 5.32 Å². The highest BCUT2D eigenvalue weighted by atomic mass is 16.1. The molecule has 1 fully saturated rings. The fourth-order valence-corrected chi connectivity index (χ4v) is 2.34. The van der Waals surface area contributed by atoms with Crippen LogP contribution in [-0.2, 0) is 4.79 Å². The number of carbonyl (C=O) groups excluding carboxylic acids is 1. The zero-order chi connectivity index (χ0) is 13.2. The van der Waals surface area contributed by atoms with Gasteiger partial charge in [-0.25, -0.2) is 0 Å². The van der Waals surface area contributed by atoms with Crippen molar-refractivity contribution in [3.63, 3.8) is 0 Å². The summed E-state index contributed by atoms with van der Waals surface area (Å²) in [6.45, 7) is 10.7. The average Bonchev–Trinajstić information content (AvgIpc) is 2.48. The maximum atomic E-state index is 11.9. The first-order chi connectivity index (χ1) is 7.71. The third-order valence-corrected chi connectivity index (χ3v) is 4.33. The molecule has 0 radical (unpaired) electrons. The number of carbonyl (C=O) groups is 1. The quantitative estimate of drug-likeness (QED) is 0.795. The lowest BCUT2D eigenvalue weighted by atomic mass is 9.85. The maximum Gasteiger partial charge on any atom is 0.221 e. The van der Waals surface area contributed by atoms with Gasteiger partial charge in [-0.3, -0.25) is 4.79 Å². The molecule has 0 saturated heterocycles. The van der Waals surface area contributed by atoms with E-state index in [-0.39, 0.29) is 17.4 Å². The topological polar surface area (TPSA) is 55.1 Å². The van der Waals surface area contributed by atoms with E-state index < -0.39 is 0 Å². The lowest BCUT2D eigenvalue weighted by Crippen LogP contribution is -2.43. The Morgan fingerprint density at radius 2 is 1.94 bits per heavy atom. The third-order valence-electron chi connectivity index (χ3n) is 4.33. The van der Waals surface area contributed by atoms with Crippen LogP contribution in [0.15, 0.2) is 0 Å². The molecule has 0 aromatic rings. The van der Waals surface area contributed by atoms with Gasteiger partial charge >= 0.3 is 0 Å². The molecule has 1 amide bonds. The molecular weight excluding hydrogens is 212 g/mol. The second-order valence-electron chi connectivity index (χ2n) is 6.76. The molecule has 0 bridgehead atoms. The molecule has 4 atom stereocenters. The van der Waals surface area contributed by atoms with E-state index in [4.69, 9.17) is 5.73 Å². The van der Waals surface area contributed by atoms with E-state index in [1.54, 1.807) is 0 Å². The number of hydrogen-bond donors (Lipinski definition) is 2. The van der Waals surface area contributed by atoms with E-state index in [1.165, 1.54) is 6.42 Å². The highest BCUT2D eigenvalue weighted by molar-refractivity contribution is 5.77. The molecule has 1 aliphatic carbocycles. The van der Waals surface area contributed by atoms with Crippen LogP contribution in [0.1, 0.15) is 53.9 Å². The number of amides is 1. The van der Waals surface area contributed by atoms with Crippen LogP contribution in [0.4, 0.5) is 0 Å². The fraction of sp³-hybridized carbons (Fsp3) is 0.929. The van der Waals surface area contributed by atoms with Gasteiger partial charge in [-0.15, -0.1) is 0 Å². The number of nitrogens with two attached hydrogens (primary N) is 1. The lowest BCUT2D eigenvalue weighted by Gasteiger charge is -2.27. The summed E-state index contributed by atoms with van der Waals surface area (Å²) in [5.41, 5.74) is 6.02. The van der Waals surface area contributed by atoms with Crippen LogP contribution < -0.4 is 11.1 Å². The lowest BCUT2D eigenvalue weighted by molar-refractivity contribution is -0.122. The third kappa shape index (κ3) is 3.98. The van der Waals surface area contributed by atoms with Gasteiger partial charge in [-0.1, -0.05) is 34.6 Å². The Morgan fingerprint density at radius 1 is 1.35 bits per heavy atom. The van der Waals surface area contributed by atoms with Crippen molar-refractivity contribution < 1.29 is 4.79 Å². The number of nitrogens with one attached hydrogen (secondary N) is 1. The first-order valence-corrected chi connectivity index (χ1v) is 6.76. The molecular formula is C14H28N2O. The van der Waals surface area contributed by atoms with E-state index in [2.05, 4.69) is 39.9 Å². The normalized spacial score (nSPS) is 31.3. The Labute approximate surface area is 106 Å². The van der Waals surface area contributed by atoms with Gasteiger partial charge in [-0.05, 0) is 30.1 Å². The van der Waals surface area contributed by atoms with Crippen LogP contribution in [0, 0.1) is 17.3 Å². The van der Waals surface area contributed by atoms with Crippen molar-refractivity contribution in [2.75, 3.05) is 0 Å². The van der Waals surface area contributed by atoms with Crippen molar-refractivity contribution in [1.29, 1.82) is 0 Å². The molecule has 3 N–H and O–H groups in total. The Morgan fingerprint density at radius 3 is 2.35 bits per heavy atom. The van der Waals surface area contributed by atoms with Crippen LogP contribution in [0.25, 0.3) is 0 Å². The van der Waals surface area contributed by atoms with Gasteiger partial charge in [0, 0.05) is 18.5 Å². The Kier molecular flexibility index (Phi) is 4.59. The highest BCUT2D eigenvalue weighted by Gasteiger charge is 2.31. The number of hydrogen-bond acceptors (Lipinski definition) is 2. The smallest absolute Gasteiger partial charge is 0.221 e. The molecule has 1 rings (SSSR count). The summed E-state index contributed by atoms with van der Waals surface area (Å²) in [6.07, 6.45) is 2.76. The molecule has 3 nitrogen and oxygen atoms in total. The van der Waals surface area contributed by atoms with Crippen LogP contribution in [0.5, 0.6) is 0 Å². The molecule has 3 heteroatoms. The van der Waals surface area contributed by atoms with Crippen molar-refractivity contribution in [2.45, 2.75) is 66.0 Å². The average molecular weight is 240 g/mol. The highest BCUT2D eigenvalue weighted by Crippen LogP contribution is 2.31. The molecule has 0 aliphatic heterocycles. The summed E-state index contributed by atoms with van der Waals surface area (Å²) in [5, 5.41) is 3.14. The minimum atomic E-state index is -0.0726. The standard InChI is InChI=1S/C14H28N2O/c1-9-6-7-11(10(9)2)16-13(17)8-12(15)14(3,4)5/h9-12H,6-8,15H2,1-5H3,(H,16,17). The predicted molar refractivity (Wildman–Crippen MR) is 71.5 cm³/mol. The van der Waals surface area contributed by atoms with Crippen LogP contribution in [0.2, 0.25) is 0 Å². The first kappa shape index (κ1) is 14.5. The zero-order valence-corrected chi connectivity index (χ0v) is 11.9. The van der Waals surface area contributed by atoms with E-state index in [0.29, 0.717) is 18.4 Å². The van der Waals surface area contributed by atoms with Crippen LogP contribution >= 0.6 is 0 Å². The zero-order valence-electron chi connectivity index (χ0n) is 11.9. The molecule has 1 saturated carbocycles. The number of rotatable bonds is 3. The van der Waals surface area contributed by atoms with Gasteiger partial charge in [0.25, 0.3) is 0 Å². The maximum absolute atomic E-state index is 11.9. The van der Waals surface area contributed by atoms with Gasteiger partial charge in [0.2, 0.25) is 5.91 Å². The summed E-state index contributed by atoms with van der Waals surface area (Å²) in [7, 11) is 0. The van der Waals surface area contributed by atoms with Crippen LogP contribution in [-0.4, -0.2) is 18.0 Å². The fourth-order valence-electron chi connectivity index (χ4n) is 2.34. The van der Waals surface area contributed by atoms with Crippen molar-refractivity contribution in [3.05, 3.63) is 0 Å². The SMILES string of the molecule is CC1CCC(NC(=O)CC(N)C(C)(C)C)C1C. The summed E-state index contributed by atoms with van der Waals surface area (Å²) >= 11 is 0. The summed E-state index contributed by atoms with van der Waals surface area (Å²) in [6, 6.07) is 0.279. The van der Waals surface area contributed by atoms with E-state index >= 15 is 0 Å². The molecule has 4 unspecified atom stereocenters. The molecule has 100 valence electrons. The molecule has 0 heterocycles. The van der Waals surface area contributed by atoms with Gasteiger partial charge < -0.3 is 11.1 Å². The largest absolute Gasteiger partial charge is 0.353 e. The molecule has 0 aromatic carbocycles. The second kappa shape index (κ2) is 5.38. The molecule has 17 heavy (non-hydrogen) atoms. The van der Waals surface area contributed by atoms with Gasteiger partial charge in [0.15, 0.2) is 0 Å². The molecule has 0 aromatic heterocycles. The van der Waals surface area contributed by atoms with E-state index in [9.17, 15) is 4.79 Å². The minimum Gasteiger partial charge on any atom is -0.353 e. The van der Waals surface area contributed by atoms with Crippen molar-refractivity contribution >= 4 is 5.91 Å². The molecule has 0 spiro atoms. The van der Waals surface area contributed by atoms with Gasteiger partial charge in [0.1, 0.15) is 0 Å². The Hall–Kier alpha value is -0.570. The molecule has 1 aliphatic rings. The summed E-state index contributed by atoms with van der Waals surface area (Å²) in [5.74, 6) is 1.42. The van der Waals surface area contributed by atoms with Crippen LogP contribution in [0.3, 0.4) is 0 Å².